The third kappa shape index (κ3) is 3.28. The zero-order chi connectivity index (χ0) is 16.2. The van der Waals surface area contributed by atoms with Gasteiger partial charge in [0, 0.05) is 41.4 Å². The Bertz CT molecular complexity index is 748. The van der Waals surface area contributed by atoms with Crippen molar-refractivity contribution in [2.24, 2.45) is 11.8 Å². The first-order valence-electron chi connectivity index (χ1n) is 7.85. The van der Waals surface area contributed by atoms with E-state index in [1.807, 2.05) is 36.5 Å². The molecule has 0 fully saturated rings. The Hall–Kier alpha value is -2.56. The van der Waals surface area contributed by atoms with E-state index in [0.717, 1.165) is 16.5 Å². The van der Waals surface area contributed by atoms with Crippen LogP contribution < -0.4 is 10.4 Å². The Morgan fingerprint density at radius 3 is 2.70 bits per heavy atom. The van der Waals surface area contributed by atoms with Gasteiger partial charge in [0.2, 0.25) is 5.91 Å². The van der Waals surface area contributed by atoms with E-state index in [4.69, 9.17) is 0 Å². The number of para-hydroxylation sites is 1. The summed E-state index contributed by atoms with van der Waals surface area (Å²) < 4.78 is 0. The van der Waals surface area contributed by atoms with Gasteiger partial charge in [-0.15, -0.1) is 0 Å². The fourth-order valence-electron chi connectivity index (χ4n) is 3.15. The normalized spacial score (nSPS) is 20.5. The third-order valence-electron chi connectivity index (χ3n) is 4.44. The fraction of sp³-hybridized carbons (Fsp3) is 0.333. The molecule has 23 heavy (non-hydrogen) atoms. The molecule has 2 atom stereocenters. The van der Waals surface area contributed by atoms with Crippen LogP contribution in [0, 0.1) is 11.8 Å². The average molecular weight is 311 g/mol. The number of aliphatic carboxylic acids is 1. The molecule has 5 heteroatoms. The lowest BCUT2D eigenvalue weighted by Crippen LogP contribution is -2.44. The molecule has 1 aliphatic carbocycles. The zero-order valence-corrected chi connectivity index (χ0v) is 12.7. The first-order valence-corrected chi connectivity index (χ1v) is 7.85. The molecule has 0 radical (unpaired) electrons. The Morgan fingerprint density at radius 1 is 1.17 bits per heavy atom. The summed E-state index contributed by atoms with van der Waals surface area (Å²) in [5.74, 6) is -2.62. The van der Waals surface area contributed by atoms with Crippen molar-refractivity contribution >= 4 is 22.8 Å². The SMILES string of the molecule is O=C([O-])[C@H]1CC=CC[C@H]1C(=O)NCCc1c[nH]c2ccccc12. The highest BCUT2D eigenvalue weighted by molar-refractivity contribution is 5.85. The molecule has 0 bridgehead atoms. The first-order chi connectivity index (χ1) is 11.2. The molecule has 0 saturated carbocycles. The molecular formula is C18H19N2O3-. The van der Waals surface area contributed by atoms with Crippen molar-refractivity contribution in [3.63, 3.8) is 0 Å². The number of nitrogens with one attached hydrogen (secondary N) is 2. The van der Waals surface area contributed by atoms with Crippen LogP contribution in [0.5, 0.6) is 0 Å². The van der Waals surface area contributed by atoms with E-state index in [9.17, 15) is 14.7 Å². The van der Waals surface area contributed by atoms with Crippen molar-refractivity contribution in [2.75, 3.05) is 6.54 Å². The minimum atomic E-state index is -1.15. The van der Waals surface area contributed by atoms with Gasteiger partial charge in [-0.3, -0.25) is 4.79 Å². The van der Waals surface area contributed by atoms with Gasteiger partial charge in [-0.05, 0) is 30.9 Å². The minimum absolute atomic E-state index is 0.205. The van der Waals surface area contributed by atoms with Gasteiger partial charge in [0.15, 0.2) is 0 Å². The van der Waals surface area contributed by atoms with E-state index in [-0.39, 0.29) is 5.91 Å². The number of benzene rings is 1. The highest BCUT2D eigenvalue weighted by atomic mass is 16.4. The highest BCUT2D eigenvalue weighted by Crippen LogP contribution is 2.25. The van der Waals surface area contributed by atoms with E-state index in [2.05, 4.69) is 10.3 Å². The van der Waals surface area contributed by atoms with Crippen LogP contribution in [0.15, 0.2) is 42.6 Å². The number of amides is 1. The largest absolute Gasteiger partial charge is 0.550 e. The second-order valence-corrected chi connectivity index (χ2v) is 5.88. The van der Waals surface area contributed by atoms with Crippen molar-refractivity contribution in [3.05, 3.63) is 48.2 Å². The molecule has 1 aromatic carbocycles. The summed E-state index contributed by atoms with van der Waals surface area (Å²) in [4.78, 5) is 26.6. The standard InChI is InChI=1S/C18H20N2O3/c21-17(14-6-1-2-7-15(14)18(22)23)19-10-9-12-11-20-16-8-4-3-5-13(12)16/h1-5,8,11,14-15,20H,6-7,9-10H2,(H,19,21)(H,22,23)/p-1/t14-,15+/m1/s1. The maximum atomic E-state index is 12.3. The van der Waals surface area contributed by atoms with Crippen LogP contribution in [0.25, 0.3) is 10.9 Å². The van der Waals surface area contributed by atoms with Crippen molar-refractivity contribution in [3.8, 4) is 0 Å². The van der Waals surface area contributed by atoms with E-state index >= 15 is 0 Å². The van der Waals surface area contributed by atoms with Crippen molar-refractivity contribution in [1.82, 2.24) is 10.3 Å². The Morgan fingerprint density at radius 2 is 1.91 bits per heavy atom. The van der Waals surface area contributed by atoms with E-state index in [1.165, 1.54) is 0 Å². The molecule has 1 aromatic heterocycles. The predicted molar refractivity (Wildman–Crippen MR) is 85.4 cm³/mol. The van der Waals surface area contributed by atoms with Gasteiger partial charge in [0.05, 0.1) is 0 Å². The molecule has 120 valence electrons. The quantitative estimate of drug-likeness (QED) is 0.813. The number of hydrogen-bond acceptors (Lipinski definition) is 3. The second kappa shape index (κ2) is 6.69. The lowest BCUT2D eigenvalue weighted by atomic mass is 9.82. The van der Waals surface area contributed by atoms with Gasteiger partial charge in [-0.25, -0.2) is 0 Å². The number of carboxylic acids is 1. The van der Waals surface area contributed by atoms with Gasteiger partial charge in [-0.1, -0.05) is 30.4 Å². The Balaban J connectivity index is 1.59. The summed E-state index contributed by atoms with van der Waals surface area (Å²) >= 11 is 0. The first kappa shape index (κ1) is 15.3. The number of carbonyl (C=O) groups excluding carboxylic acids is 2. The number of fused-ring (bicyclic) bond motifs is 1. The van der Waals surface area contributed by atoms with Crippen LogP contribution in [-0.4, -0.2) is 23.4 Å². The van der Waals surface area contributed by atoms with Crippen molar-refractivity contribution in [1.29, 1.82) is 0 Å². The molecule has 0 spiro atoms. The van der Waals surface area contributed by atoms with Crippen LogP contribution in [0.3, 0.4) is 0 Å². The lowest BCUT2D eigenvalue weighted by Gasteiger charge is -2.28. The molecule has 0 unspecified atom stereocenters. The molecule has 2 N–H and O–H groups in total. The average Bonchev–Trinajstić information content (AvgIpc) is 2.98. The summed E-state index contributed by atoms with van der Waals surface area (Å²) in [7, 11) is 0. The van der Waals surface area contributed by atoms with Crippen LogP contribution in [0.2, 0.25) is 0 Å². The molecule has 3 rings (SSSR count). The molecule has 0 saturated heterocycles. The fourth-order valence-corrected chi connectivity index (χ4v) is 3.15. The molecule has 1 amide bonds. The lowest BCUT2D eigenvalue weighted by molar-refractivity contribution is -0.313. The van der Waals surface area contributed by atoms with Crippen LogP contribution in [-0.2, 0) is 16.0 Å². The summed E-state index contributed by atoms with van der Waals surface area (Å²) in [6.07, 6.45) is 7.14. The summed E-state index contributed by atoms with van der Waals surface area (Å²) in [6.45, 7) is 0.487. The summed E-state index contributed by atoms with van der Waals surface area (Å²) in [5.41, 5.74) is 2.21. The van der Waals surface area contributed by atoms with Crippen LogP contribution >= 0.6 is 0 Å². The number of carboxylic acid groups (broad SMARTS) is 1. The maximum Gasteiger partial charge on any atom is 0.224 e. The Labute approximate surface area is 134 Å². The topological polar surface area (TPSA) is 85.0 Å². The highest BCUT2D eigenvalue weighted by Gasteiger charge is 2.29. The molecular weight excluding hydrogens is 292 g/mol. The number of H-pyrrole nitrogens is 1. The molecule has 1 heterocycles. The van der Waals surface area contributed by atoms with Gasteiger partial charge in [0.25, 0.3) is 0 Å². The smallest absolute Gasteiger partial charge is 0.224 e. The maximum absolute atomic E-state index is 12.3. The molecule has 5 nitrogen and oxygen atoms in total. The Kier molecular flexibility index (Phi) is 4.46. The van der Waals surface area contributed by atoms with Gasteiger partial charge in [-0.2, -0.15) is 0 Å². The predicted octanol–water partition coefficient (Wildman–Crippen LogP) is 1.16. The number of aromatic nitrogens is 1. The number of hydrogen-bond donors (Lipinski definition) is 2. The van der Waals surface area contributed by atoms with Gasteiger partial charge >= 0.3 is 0 Å². The van der Waals surface area contributed by atoms with Crippen LogP contribution in [0.1, 0.15) is 18.4 Å². The van der Waals surface area contributed by atoms with E-state index in [1.54, 1.807) is 6.08 Å². The molecule has 0 aliphatic heterocycles. The monoisotopic (exact) mass is 311 g/mol. The molecule has 1 aliphatic rings. The number of aromatic amines is 1. The molecule has 2 aromatic rings. The number of carbonyl (C=O) groups is 2. The van der Waals surface area contributed by atoms with E-state index in [0.29, 0.717) is 25.8 Å². The number of rotatable bonds is 5. The zero-order valence-electron chi connectivity index (χ0n) is 12.7. The van der Waals surface area contributed by atoms with Crippen molar-refractivity contribution < 1.29 is 14.7 Å². The number of allylic oxidation sites excluding steroid dienone is 2. The second-order valence-electron chi connectivity index (χ2n) is 5.88. The van der Waals surface area contributed by atoms with Gasteiger partial charge in [0.1, 0.15) is 0 Å². The van der Waals surface area contributed by atoms with Crippen molar-refractivity contribution in [2.45, 2.75) is 19.3 Å². The summed E-state index contributed by atoms with van der Waals surface area (Å²) in [6, 6.07) is 8.01. The minimum Gasteiger partial charge on any atom is -0.550 e. The van der Waals surface area contributed by atoms with Crippen LogP contribution in [0.4, 0.5) is 0 Å². The summed E-state index contributed by atoms with van der Waals surface area (Å²) in [5, 5.41) is 15.2. The van der Waals surface area contributed by atoms with E-state index < -0.39 is 17.8 Å². The third-order valence-corrected chi connectivity index (χ3v) is 4.44. The van der Waals surface area contributed by atoms with Gasteiger partial charge < -0.3 is 20.2 Å².